The number of fused-ring (bicyclic) bond motifs is 1. The van der Waals surface area contributed by atoms with Crippen molar-refractivity contribution >= 4 is 33.5 Å². The molecule has 27 heavy (non-hydrogen) atoms. The fourth-order valence-electron chi connectivity index (χ4n) is 3.46. The van der Waals surface area contributed by atoms with Gasteiger partial charge in [-0.1, -0.05) is 11.8 Å². The number of pyridine rings is 1. The van der Waals surface area contributed by atoms with E-state index in [1.54, 1.807) is 31.1 Å². The molecule has 5 nitrogen and oxygen atoms in total. The van der Waals surface area contributed by atoms with Crippen LogP contribution in [0, 0.1) is 5.82 Å². The van der Waals surface area contributed by atoms with Gasteiger partial charge in [-0.3, -0.25) is 0 Å². The van der Waals surface area contributed by atoms with Gasteiger partial charge in [0.05, 0.1) is 24.5 Å². The zero-order chi connectivity index (χ0) is 19.0. The monoisotopic (exact) mass is 384 g/mol. The molecule has 1 aliphatic rings. The summed E-state index contributed by atoms with van der Waals surface area (Å²) in [6, 6.07) is 8.73. The Hall–Kier alpha value is -2.54. The minimum atomic E-state index is -0.199. The third kappa shape index (κ3) is 3.39. The second-order valence-electron chi connectivity index (χ2n) is 6.62. The number of likely N-dealkylation sites (tertiary alicyclic amines) is 1. The highest BCUT2D eigenvalue weighted by atomic mass is 32.2. The zero-order valence-electron chi connectivity index (χ0n) is 15.5. The highest BCUT2D eigenvalue weighted by Crippen LogP contribution is 2.35. The average Bonchev–Trinajstić information content (AvgIpc) is 2.96. The van der Waals surface area contributed by atoms with Gasteiger partial charge in [-0.2, -0.15) is 0 Å². The van der Waals surface area contributed by atoms with Crippen molar-refractivity contribution in [3.8, 4) is 5.88 Å². The lowest BCUT2D eigenvalue weighted by Gasteiger charge is -2.40. The second-order valence-corrected chi connectivity index (χ2v) is 7.39. The molecule has 0 unspecified atom stereocenters. The summed E-state index contributed by atoms with van der Waals surface area (Å²) in [5.41, 5.74) is 3.02. The first-order chi connectivity index (χ1) is 13.1. The summed E-state index contributed by atoms with van der Waals surface area (Å²) in [6.07, 6.45) is 5.87. The predicted molar refractivity (Wildman–Crippen MR) is 109 cm³/mol. The molecule has 1 aliphatic heterocycles. The molecular weight excluding hydrogens is 363 g/mol. The molecule has 0 radical (unpaired) electrons. The van der Waals surface area contributed by atoms with E-state index < -0.39 is 0 Å². The van der Waals surface area contributed by atoms with Crippen molar-refractivity contribution in [3.05, 3.63) is 54.1 Å². The number of methoxy groups -OCH3 is 1. The van der Waals surface area contributed by atoms with Crippen molar-refractivity contribution in [2.45, 2.75) is 5.92 Å². The number of nitrogens with zero attached hydrogens (tertiary/aromatic N) is 4. The Labute approximate surface area is 161 Å². The Balaban J connectivity index is 1.51. The van der Waals surface area contributed by atoms with E-state index in [4.69, 9.17) is 9.73 Å². The lowest BCUT2D eigenvalue weighted by atomic mass is 9.92. The van der Waals surface area contributed by atoms with Gasteiger partial charge >= 0.3 is 0 Å². The number of aromatic nitrogens is 2. The maximum Gasteiger partial charge on any atom is 0.213 e. The van der Waals surface area contributed by atoms with E-state index in [9.17, 15) is 4.39 Å². The number of thioether (sulfide) groups is 1. The Morgan fingerprint density at radius 2 is 2.11 bits per heavy atom. The lowest BCUT2D eigenvalue weighted by Crippen LogP contribution is -2.47. The number of aryl methyl sites for hydroxylation is 1. The van der Waals surface area contributed by atoms with Crippen molar-refractivity contribution in [1.82, 2.24) is 14.5 Å². The van der Waals surface area contributed by atoms with Gasteiger partial charge in [-0.05, 0) is 36.1 Å². The number of hydrogen-bond donors (Lipinski definition) is 0. The molecule has 0 bridgehead atoms. The molecule has 1 saturated heterocycles. The van der Waals surface area contributed by atoms with E-state index in [1.807, 2.05) is 36.1 Å². The van der Waals surface area contributed by atoms with Crippen molar-refractivity contribution in [2.24, 2.45) is 12.0 Å². The van der Waals surface area contributed by atoms with Crippen molar-refractivity contribution < 1.29 is 9.13 Å². The van der Waals surface area contributed by atoms with Gasteiger partial charge in [0.2, 0.25) is 5.88 Å². The summed E-state index contributed by atoms with van der Waals surface area (Å²) in [6.45, 7) is 1.81. The molecule has 0 N–H and O–H groups in total. The number of rotatable bonds is 3. The summed E-state index contributed by atoms with van der Waals surface area (Å²) in [4.78, 5) is 11.2. The molecule has 2 aromatic heterocycles. The van der Waals surface area contributed by atoms with Crippen LogP contribution in [0.4, 0.5) is 10.1 Å². The molecule has 0 aliphatic carbocycles. The molecule has 0 saturated carbocycles. The van der Waals surface area contributed by atoms with Gasteiger partial charge in [-0.15, -0.1) is 0 Å². The number of aliphatic imine (C=N–C) groups is 1. The van der Waals surface area contributed by atoms with Gasteiger partial charge in [-0.25, -0.2) is 14.4 Å². The van der Waals surface area contributed by atoms with E-state index in [2.05, 4.69) is 16.1 Å². The Morgan fingerprint density at radius 1 is 1.30 bits per heavy atom. The van der Waals surface area contributed by atoms with Crippen LogP contribution in [0.5, 0.6) is 5.88 Å². The first kappa shape index (κ1) is 17.9. The van der Waals surface area contributed by atoms with Crippen LogP contribution in [0.2, 0.25) is 0 Å². The minimum absolute atomic E-state index is 0.199. The zero-order valence-corrected chi connectivity index (χ0v) is 16.3. The molecule has 1 aromatic carbocycles. The van der Waals surface area contributed by atoms with Crippen LogP contribution in [-0.2, 0) is 7.05 Å². The molecule has 0 amide bonds. The highest BCUT2D eigenvalue weighted by molar-refractivity contribution is 8.13. The number of hydrogen-bond acceptors (Lipinski definition) is 4. The normalized spacial score (nSPS) is 15.3. The number of benzene rings is 1. The molecule has 140 valence electrons. The second kappa shape index (κ2) is 7.23. The first-order valence-electron chi connectivity index (χ1n) is 8.71. The standard InChI is InChI=1S/C20H21FN4OS/c1-24-12-17(16-6-4-14(21)8-18(16)24)13-10-25(11-13)20(27-3)23-15-5-7-19(26-2)22-9-15/h4-9,12-13H,10-11H2,1-3H3. The largest absolute Gasteiger partial charge is 0.481 e. The number of amidine groups is 1. The molecule has 0 atom stereocenters. The lowest BCUT2D eigenvalue weighted by molar-refractivity contribution is 0.259. The topological polar surface area (TPSA) is 42.6 Å². The molecule has 7 heteroatoms. The van der Waals surface area contributed by atoms with Crippen LogP contribution in [0.3, 0.4) is 0 Å². The van der Waals surface area contributed by atoms with Gasteiger partial charge in [0, 0.05) is 43.7 Å². The van der Waals surface area contributed by atoms with E-state index >= 15 is 0 Å². The van der Waals surface area contributed by atoms with Gasteiger partial charge < -0.3 is 14.2 Å². The summed E-state index contributed by atoms with van der Waals surface area (Å²) < 4.78 is 20.6. The Kier molecular flexibility index (Phi) is 4.78. The van der Waals surface area contributed by atoms with E-state index in [1.165, 1.54) is 11.6 Å². The summed E-state index contributed by atoms with van der Waals surface area (Å²) in [7, 11) is 3.56. The SMILES string of the molecule is COc1ccc(N=C(SC)N2CC(c3cn(C)c4cc(F)ccc34)C2)cn1. The summed E-state index contributed by atoms with van der Waals surface area (Å²) >= 11 is 1.63. The van der Waals surface area contributed by atoms with Crippen LogP contribution in [0.25, 0.3) is 10.9 Å². The number of ether oxygens (including phenoxy) is 1. The third-order valence-electron chi connectivity index (χ3n) is 4.91. The maximum absolute atomic E-state index is 13.5. The summed E-state index contributed by atoms with van der Waals surface area (Å²) in [5.74, 6) is 0.803. The highest BCUT2D eigenvalue weighted by Gasteiger charge is 2.32. The van der Waals surface area contributed by atoms with E-state index in [-0.39, 0.29) is 5.82 Å². The molecule has 0 spiro atoms. The molecule has 3 heterocycles. The predicted octanol–water partition coefficient (Wildman–Crippen LogP) is 4.17. The van der Waals surface area contributed by atoms with Crippen LogP contribution in [0.15, 0.2) is 47.7 Å². The van der Waals surface area contributed by atoms with Crippen LogP contribution >= 0.6 is 11.8 Å². The van der Waals surface area contributed by atoms with Gasteiger partial charge in [0.25, 0.3) is 0 Å². The number of halogens is 1. The maximum atomic E-state index is 13.5. The van der Waals surface area contributed by atoms with E-state index in [0.717, 1.165) is 34.8 Å². The average molecular weight is 384 g/mol. The first-order valence-corrected chi connectivity index (χ1v) is 9.93. The van der Waals surface area contributed by atoms with Crippen LogP contribution in [-0.4, -0.2) is 46.1 Å². The molecular formula is C20H21FN4OS. The Morgan fingerprint density at radius 3 is 2.78 bits per heavy atom. The van der Waals surface area contributed by atoms with Gasteiger partial charge in [0.15, 0.2) is 5.17 Å². The van der Waals surface area contributed by atoms with Crippen molar-refractivity contribution in [3.63, 3.8) is 0 Å². The Bertz CT molecular complexity index is 993. The van der Waals surface area contributed by atoms with E-state index in [0.29, 0.717) is 11.8 Å². The van der Waals surface area contributed by atoms with Crippen molar-refractivity contribution in [1.29, 1.82) is 0 Å². The fourth-order valence-corrected chi connectivity index (χ4v) is 4.06. The quantitative estimate of drug-likeness (QED) is 0.502. The smallest absolute Gasteiger partial charge is 0.213 e. The van der Waals surface area contributed by atoms with Crippen LogP contribution in [0.1, 0.15) is 11.5 Å². The fraction of sp³-hybridized carbons (Fsp3) is 0.300. The minimum Gasteiger partial charge on any atom is -0.481 e. The molecule has 4 rings (SSSR count). The van der Waals surface area contributed by atoms with Crippen LogP contribution < -0.4 is 4.74 Å². The summed E-state index contributed by atoms with van der Waals surface area (Å²) in [5, 5.41) is 2.11. The third-order valence-corrected chi connectivity index (χ3v) is 5.63. The molecule has 1 fully saturated rings. The van der Waals surface area contributed by atoms with Crippen molar-refractivity contribution in [2.75, 3.05) is 26.5 Å². The molecule has 3 aromatic rings. The van der Waals surface area contributed by atoms with Gasteiger partial charge in [0.1, 0.15) is 5.82 Å².